The number of rotatable bonds is 7. The minimum atomic E-state index is -0.345. The molecule has 1 fully saturated rings. The van der Waals surface area contributed by atoms with E-state index in [4.69, 9.17) is 21.7 Å². The van der Waals surface area contributed by atoms with Gasteiger partial charge in [0, 0.05) is 29.9 Å². The first-order valence-corrected chi connectivity index (χ1v) is 12.1. The van der Waals surface area contributed by atoms with Crippen molar-refractivity contribution in [2.75, 3.05) is 38.2 Å². The summed E-state index contributed by atoms with van der Waals surface area (Å²) in [6.07, 6.45) is 0.952. The van der Waals surface area contributed by atoms with E-state index in [2.05, 4.69) is 40.4 Å². The molecule has 0 aliphatic carbocycles. The van der Waals surface area contributed by atoms with Crippen LogP contribution in [0.3, 0.4) is 0 Å². The third kappa shape index (κ3) is 7.52. The fourth-order valence-electron chi connectivity index (χ4n) is 3.18. The number of benzene rings is 2. The second-order valence-electron chi connectivity index (χ2n) is 8.07. The van der Waals surface area contributed by atoms with Gasteiger partial charge in [0.15, 0.2) is 5.11 Å². The van der Waals surface area contributed by atoms with Gasteiger partial charge in [0.2, 0.25) is 0 Å². The van der Waals surface area contributed by atoms with Gasteiger partial charge in [-0.3, -0.25) is 14.9 Å². The first-order chi connectivity index (χ1) is 15.8. The number of amides is 2. The normalized spacial score (nSPS) is 13.5. The largest absolute Gasteiger partial charge is 0.492 e. The Bertz CT molecular complexity index is 1010. The smallest absolute Gasteiger partial charge is 0.257 e. The van der Waals surface area contributed by atoms with Gasteiger partial charge >= 0.3 is 0 Å². The number of hydrogen-bond acceptors (Lipinski definition) is 5. The number of carbonyl (C=O) groups is 2. The van der Waals surface area contributed by atoms with E-state index in [0.29, 0.717) is 65.9 Å². The molecule has 2 aromatic carbocycles. The van der Waals surface area contributed by atoms with Crippen molar-refractivity contribution in [2.45, 2.75) is 20.3 Å². The number of morpholine rings is 1. The average Bonchev–Trinajstić information content (AvgIpc) is 2.80. The summed E-state index contributed by atoms with van der Waals surface area (Å²) in [5.74, 6) is 0.843. The summed E-state index contributed by atoms with van der Waals surface area (Å²) in [7, 11) is 0. The Kier molecular flexibility index (Phi) is 9.22. The Hall–Kier alpha value is -2.49. The summed E-state index contributed by atoms with van der Waals surface area (Å²) in [6.45, 7) is 7.12. The highest BCUT2D eigenvalue weighted by Gasteiger charge is 2.19. The monoisotopic (exact) mass is 533 g/mol. The average molecular weight is 534 g/mol. The fraction of sp³-hybridized carbons (Fsp3) is 0.375. The van der Waals surface area contributed by atoms with Crippen molar-refractivity contribution in [3.63, 3.8) is 0 Å². The van der Waals surface area contributed by atoms with Gasteiger partial charge < -0.3 is 19.7 Å². The first-order valence-electron chi connectivity index (χ1n) is 10.8. The van der Waals surface area contributed by atoms with Crippen LogP contribution in [0.25, 0.3) is 0 Å². The Morgan fingerprint density at radius 2 is 1.91 bits per heavy atom. The lowest BCUT2D eigenvalue weighted by Gasteiger charge is -2.27. The summed E-state index contributed by atoms with van der Waals surface area (Å²) < 4.78 is 11.8. The summed E-state index contributed by atoms with van der Waals surface area (Å²) in [5.41, 5.74) is 1.61. The van der Waals surface area contributed by atoms with E-state index < -0.39 is 0 Å². The number of halogens is 1. The maximum absolute atomic E-state index is 12.7. The van der Waals surface area contributed by atoms with Gasteiger partial charge in [-0.05, 0) is 76.9 Å². The molecule has 2 aromatic rings. The molecule has 0 saturated carbocycles. The summed E-state index contributed by atoms with van der Waals surface area (Å²) in [5, 5.41) is 5.79. The molecule has 2 amide bonds. The molecule has 0 radical (unpaired) electrons. The lowest BCUT2D eigenvalue weighted by Crippen LogP contribution is -2.40. The molecule has 33 heavy (non-hydrogen) atoms. The summed E-state index contributed by atoms with van der Waals surface area (Å²) in [6, 6.07) is 12.2. The number of nitrogens with zero attached hydrogens (tertiary/aromatic N) is 1. The molecule has 1 saturated heterocycles. The number of anilines is 1. The molecule has 2 N–H and O–H groups in total. The maximum atomic E-state index is 12.7. The Morgan fingerprint density at radius 1 is 1.15 bits per heavy atom. The van der Waals surface area contributed by atoms with Crippen LogP contribution in [0.4, 0.5) is 5.69 Å². The van der Waals surface area contributed by atoms with Gasteiger partial charge in [-0.15, -0.1) is 0 Å². The molecule has 1 heterocycles. The van der Waals surface area contributed by atoms with Crippen molar-refractivity contribution in [3.05, 3.63) is 58.1 Å². The highest BCUT2D eigenvalue weighted by Crippen LogP contribution is 2.26. The minimum Gasteiger partial charge on any atom is -0.492 e. The van der Waals surface area contributed by atoms with Crippen molar-refractivity contribution in [1.29, 1.82) is 0 Å². The third-order valence-electron chi connectivity index (χ3n) is 5.04. The number of nitrogens with one attached hydrogen (secondary N) is 2. The van der Waals surface area contributed by atoms with Crippen LogP contribution in [0.5, 0.6) is 5.75 Å². The molecule has 0 bridgehead atoms. The SMILES string of the molecule is CC(C)CCOc1ccc(C(=O)NC(=S)Nc2cccc(C(=O)N3CCOCC3)c2)cc1Br. The van der Waals surface area contributed by atoms with E-state index in [1.807, 2.05) is 0 Å². The van der Waals surface area contributed by atoms with E-state index in [1.165, 1.54) is 0 Å². The van der Waals surface area contributed by atoms with Crippen LogP contribution in [-0.2, 0) is 4.74 Å². The molecule has 3 rings (SSSR count). The molecule has 1 aliphatic rings. The number of ether oxygens (including phenoxy) is 2. The highest BCUT2D eigenvalue weighted by molar-refractivity contribution is 9.10. The van der Waals surface area contributed by atoms with Crippen LogP contribution in [0.2, 0.25) is 0 Å². The Balaban J connectivity index is 1.56. The zero-order valence-corrected chi connectivity index (χ0v) is 21.1. The van der Waals surface area contributed by atoms with Gasteiger partial charge in [-0.2, -0.15) is 0 Å². The van der Waals surface area contributed by atoms with Crippen molar-refractivity contribution < 1.29 is 19.1 Å². The van der Waals surface area contributed by atoms with Crippen LogP contribution in [0, 0.1) is 5.92 Å². The summed E-state index contributed by atoms with van der Waals surface area (Å²) in [4.78, 5) is 27.1. The third-order valence-corrected chi connectivity index (χ3v) is 5.86. The van der Waals surface area contributed by atoms with E-state index >= 15 is 0 Å². The molecule has 9 heteroatoms. The lowest BCUT2D eigenvalue weighted by molar-refractivity contribution is 0.0303. The molecule has 1 aliphatic heterocycles. The molecular formula is C24H28BrN3O4S. The maximum Gasteiger partial charge on any atom is 0.257 e. The minimum absolute atomic E-state index is 0.0579. The van der Waals surface area contributed by atoms with Crippen LogP contribution < -0.4 is 15.4 Å². The van der Waals surface area contributed by atoms with Crippen molar-refractivity contribution in [3.8, 4) is 5.75 Å². The fourth-order valence-corrected chi connectivity index (χ4v) is 3.88. The molecule has 0 atom stereocenters. The Labute approximate surface area is 207 Å². The predicted octanol–water partition coefficient (Wildman–Crippen LogP) is 4.47. The topological polar surface area (TPSA) is 79.9 Å². The van der Waals surface area contributed by atoms with Gasteiger partial charge in [-0.25, -0.2) is 0 Å². The van der Waals surface area contributed by atoms with Gasteiger partial charge in [0.1, 0.15) is 5.75 Å². The molecule has 0 aromatic heterocycles. The number of carbonyl (C=O) groups excluding carboxylic acids is 2. The molecule has 176 valence electrons. The second-order valence-corrected chi connectivity index (χ2v) is 9.33. The van der Waals surface area contributed by atoms with Crippen LogP contribution in [0.1, 0.15) is 41.0 Å². The van der Waals surface area contributed by atoms with Gasteiger partial charge in [0.25, 0.3) is 11.8 Å². The standard InChI is InChI=1S/C24H28BrN3O4S/c1-16(2)8-11-32-21-7-6-17(15-20(21)25)22(29)27-24(33)26-19-5-3-4-18(14-19)23(30)28-9-12-31-13-10-28/h3-7,14-16H,8-13H2,1-2H3,(H2,26,27,29,33). The van der Waals surface area contributed by atoms with Crippen molar-refractivity contribution in [1.82, 2.24) is 10.2 Å². The Morgan fingerprint density at radius 3 is 2.61 bits per heavy atom. The lowest BCUT2D eigenvalue weighted by atomic mass is 10.1. The second kappa shape index (κ2) is 12.1. The first kappa shape index (κ1) is 25.1. The quantitative estimate of drug-likeness (QED) is 0.511. The van der Waals surface area contributed by atoms with Crippen molar-refractivity contribution >= 4 is 50.8 Å². The van der Waals surface area contributed by atoms with Gasteiger partial charge in [-0.1, -0.05) is 19.9 Å². The highest BCUT2D eigenvalue weighted by atomic mass is 79.9. The van der Waals surface area contributed by atoms with Crippen LogP contribution in [-0.4, -0.2) is 54.7 Å². The molecule has 0 unspecified atom stereocenters. The zero-order chi connectivity index (χ0) is 23.8. The van der Waals surface area contributed by atoms with E-state index in [9.17, 15) is 9.59 Å². The molecular weight excluding hydrogens is 506 g/mol. The van der Waals surface area contributed by atoms with Gasteiger partial charge in [0.05, 0.1) is 24.3 Å². The predicted molar refractivity (Wildman–Crippen MR) is 136 cm³/mol. The van der Waals surface area contributed by atoms with Crippen LogP contribution in [0.15, 0.2) is 46.9 Å². The zero-order valence-electron chi connectivity index (χ0n) is 18.7. The van der Waals surface area contributed by atoms with Crippen LogP contribution >= 0.6 is 28.1 Å². The summed E-state index contributed by atoms with van der Waals surface area (Å²) >= 11 is 8.76. The molecule has 7 nitrogen and oxygen atoms in total. The number of hydrogen-bond donors (Lipinski definition) is 2. The molecule has 0 spiro atoms. The number of thiocarbonyl (C=S) groups is 1. The van der Waals surface area contributed by atoms with E-state index in [-0.39, 0.29) is 16.9 Å². The van der Waals surface area contributed by atoms with E-state index in [1.54, 1.807) is 47.4 Å². The van der Waals surface area contributed by atoms with Crippen molar-refractivity contribution in [2.24, 2.45) is 5.92 Å². The van der Waals surface area contributed by atoms with E-state index in [0.717, 1.165) is 6.42 Å².